The predicted octanol–water partition coefficient (Wildman–Crippen LogP) is 5.00. The normalized spacial score (nSPS) is 11.3. The molecule has 2 heterocycles. The van der Waals surface area contributed by atoms with Gasteiger partial charge in [-0.3, -0.25) is 4.68 Å². The molecule has 0 atom stereocenters. The molecule has 0 unspecified atom stereocenters. The maximum absolute atomic E-state index is 13.4. The second-order valence-electron chi connectivity index (χ2n) is 5.58. The number of para-hydroxylation sites is 1. The number of fused-ring (bicyclic) bond motifs is 1. The number of hydrogen-bond donors (Lipinski definition) is 0. The fourth-order valence-corrected chi connectivity index (χ4v) is 3.26. The molecular formula is C18H13ClFN3O. The molecule has 0 aliphatic carbocycles. The quantitative estimate of drug-likeness (QED) is 0.515. The Morgan fingerprint density at radius 1 is 1.17 bits per heavy atom. The Bertz CT molecular complexity index is 1070. The number of hydrogen-bond acceptors (Lipinski definition) is 3. The maximum Gasteiger partial charge on any atom is 0.167 e. The highest BCUT2D eigenvalue weighted by Gasteiger charge is 2.23. The van der Waals surface area contributed by atoms with Crippen molar-refractivity contribution in [1.82, 2.24) is 14.9 Å². The van der Waals surface area contributed by atoms with Crippen LogP contribution in [0.2, 0.25) is 5.02 Å². The molecular weight excluding hydrogens is 329 g/mol. The van der Waals surface area contributed by atoms with Crippen LogP contribution in [0.4, 0.5) is 4.39 Å². The molecule has 4 nitrogen and oxygen atoms in total. The summed E-state index contributed by atoms with van der Waals surface area (Å²) < 4.78 is 20.6. The van der Waals surface area contributed by atoms with E-state index in [9.17, 15) is 4.39 Å². The van der Waals surface area contributed by atoms with Crippen molar-refractivity contribution >= 4 is 22.6 Å². The monoisotopic (exact) mass is 341 g/mol. The minimum absolute atomic E-state index is 0.333. The number of rotatable bonds is 2. The van der Waals surface area contributed by atoms with Crippen molar-refractivity contribution in [3.63, 3.8) is 0 Å². The number of benzene rings is 2. The Morgan fingerprint density at radius 3 is 2.75 bits per heavy atom. The Labute approximate surface area is 142 Å². The van der Waals surface area contributed by atoms with Gasteiger partial charge in [-0.05, 0) is 37.3 Å². The van der Waals surface area contributed by atoms with Crippen molar-refractivity contribution < 1.29 is 8.91 Å². The topological polar surface area (TPSA) is 43.9 Å². The van der Waals surface area contributed by atoms with Gasteiger partial charge in [0.15, 0.2) is 5.58 Å². The third-order valence-electron chi connectivity index (χ3n) is 4.02. The first-order chi connectivity index (χ1) is 11.6. The lowest BCUT2D eigenvalue weighted by Crippen LogP contribution is -1.95. The second kappa shape index (κ2) is 5.46. The van der Waals surface area contributed by atoms with Gasteiger partial charge in [0.2, 0.25) is 0 Å². The van der Waals surface area contributed by atoms with Crippen molar-refractivity contribution in [2.75, 3.05) is 0 Å². The van der Waals surface area contributed by atoms with Gasteiger partial charge in [-0.2, -0.15) is 5.10 Å². The summed E-state index contributed by atoms with van der Waals surface area (Å²) in [6.45, 7) is 1.89. The Balaban J connectivity index is 2.04. The highest BCUT2D eigenvalue weighted by molar-refractivity contribution is 6.33. The second-order valence-corrected chi connectivity index (χ2v) is 5.99. The van der Waals surface area contributed by atoms with Crippen LogP contribution in [0, 0.1) is 12.7 Å². The first-order valence-corrected chi connectivity index (χ1v) is 7.78. The van der Waals surface area contributed by atoms with Crippen molar-refractivity contribution in [2.24, 2.45) is 7.05 Å². The van der Waals surface area contributed by atoms with Crippen molar-refractivity contribution in [3.05, 3.63) is 59.0 Å². The van der Waals surface area contributed by atoms with Gasteiger partial charge >= 0.3 is 0 Å². The molecule has 2 aromatic carbocycles. The zero-order chi connectivity index (χ0) is 16.8. The van der Waals surface area contributed by atoms with Crippen molar-refractivity contribution in [3.8, 4) is 22.5 Å². The lowest BCUT2D eigenvalue weighted by atomic mass is 10.00. The van der Waals surface area contributed by atoms with Gasteiger partial charge in [0, 0.05) is 18.2 Å². The van der Waals surface area contributed by atoms with Gasteiger partial charge in [0.05, 0.1) is 21.8 Å². The largest absolute Gasteiger partial charge is 0.356 e. The molecule has 120 valence electrons. The van der Waals surface area contributed by atoms with E-state index in [1.807, 2.05) is 38.2 Å². The highest BCUT2D eigenvalue weighted by Crippen LogP contribution is 2.40. The summed E-state index contributed by atoms with van der Waals surface area (Å²) in [5.74, 6) is -0.376. The fourth-order valence-electron chi connectivity index (χ4n) is 3.00. The molecule has 4 rings (SSSR count). The summed E-state index contributed by atoms with van der Waals surface area (Å²) in [5.41, 5.74) is 4.48. The molecule has 0 aliphatic heterocycles. The van der Waals surface area contributed by atoms with Crippen LogP contribution in [0.3, 0.4) is 0 Å². The van der Waals surface area contributed by atoms with Crippen LogP contribution < -0.4 is 0 Å². The van der Waals surface area contributed by atoms with E-state index >= 15 is 0 Å². The molecule has 0 amide bonds. The van der Waals surface area contributed by atoms with Gasteiger partial charge < -0.3 is 4.52 Å². The molecule has 0 saturated heterocycles. The first kappa shape index (κ1) is 14.9. The minimum Gasteiger partial charge on any atom is -0.356 e. The molecule has 0 fully saturated rings. The number of halogens is 2. The molecule has 0 radical (unpaired) electrons. The Kier molecular flexibility index (Phi) is 3.39. The number of nitrogens with zero attached hydrogens (tertiary/aromatic N) is 3. The average Bonchev–Trinajstić information content (AvgIpc) is 3.08. The van der Waals surface area contributed by atoms with Crippen molar-refractivity contribution in [1.29, 1.82) is 0 Å². The van der Waals surface area contributed by atoms with E-state index in [2.05, 4.69) is 10.3 Å². The van der Waals surface area contributed by atoms with E-state index in [4.69, 9.17) is 16.1 Å². The molecule has 6 heteroatoms. The van der Waals surface area contributed by atoms with Crippen LogP contribution >= 0.6 is 11.6 Å². The lowest BCUT2D eigenvalue weighted by molar-refractivity contribution is 0.458. The van der Waals surface area contributed by atoms with E-state index < -0.39 is 0 Å². The van der Waals surface area contributed by atoms with Crippen LogP contribution in [0.1, 0.15) is 5.69 Å². The smallest absolute Gasteiger partial charge is 0.167 e. The molecule has 0 aliphatic rings. The van der Waals surface area contributed by atoms with Crippen LogP contribution in [0.5, 0.6) is 0 Å². The van der Waals surface area contributed by atoms with E-state index in [-0.39, 0.29) is 5.82 Å². The molecule has 0 saturated carbocycles. The lowest BCUT2D eigenvalue weighted by Gasteiger charge is -2.07. The van der Waals surface area contributed by atoms with Crippen LogP contribution in [0.25, 0.3) is 33.5 Å². The minimum atomic E-state index is -0.376. The van der Waals surface area contributed by atoms with Crippen LogP contribution in [-0.4, -0.2) is 14.9 Å². The molecule has 2 aromatic heterocycles. The van der Waals surface area contributed by atoms with Gasteiger partial charge in [-0.1, -0.05) is 28.9 Å². The van der Waals surface area contributed by atoms with E-state index in [0.29, 0.717) is 21.9 Å². The zero-order valence-electron chi connectivity index (χ0n) is 13.0. The molecule has 4 aromatic rings. The van der Waals surface area contributed by atoms with Crippen LogP contribution in [0.15, 0.2) is 47.0 Å². The van der Waals surface area contributed by atoms with Gasteiger partial charge in [-0.15, -0.1) is 0 Å². The summed E-state index contributed by atoms with van der Waals surface area (Å²) in [6.07, 6.45) is 0. The molecule has 0 N–H and O–H groups in total. The summed E-state index contributed by atoms with van der Waals surface area (Å²) in [4.78, 5) is 0. The number of aromatic nitrogens is 3. The first-order valence-electron chi connectivity index (χ1n) is 7.40. The SMILES string of the molecule is Cc1nn(C)c(-c2noc3ccccc23)c1-c1ccc(F)cc1Cl. The summed E-state index contributed by atoms with van der Waals surface area (Å²) in [7, 11) is 1.84. The third kappa shape index (κ3) is 2.20. The summed E-state index contributed by atoms with van der Waals surface area (Å²) in [6, 6.07) is 12.0. The standard InChI is InChI=1S/C18H13ClFN3O/c1-10-16(12-8-7-11(20)9-14(12)19)18(23(2)21-10)17-13-5-3-4-6-15(13)24-22-17/h3-9H,1-2H3. The van der Waals surface area contributed by atoms with Gasteiger partial charge in [-0.25, -0.2) is 4.39 Å². The van der Waals surface area contributed by atoms with E-state index in [1.54, 1.807) is 10.7 Å². The molecule has 0 spiro atoms. The Hall–Kier alpha value is -2.66. The van der Waals surface area contributed by atoms with E-state index in [0.717, 1.165) is 22.3 Å². The van der Waals surface area contributed by atoms with Crippen molar-refractivity contribution in [2.45, 2.75) is 6.92 Å². The fraction of sp³-hybridized carbons (Fsp3) is 0.111. The predicted molar refractivity (Wildman–Crippen MR) is 91.4 cm³/mol. The molecule has 0 bridgehead atoms. The van der Waals surface area contributed by atoms with Gasteiger partial charge in [0.1, 0.15) is 11.5 Å². The average molecular weight is 342 g/mol. The summed E-state index contributed by atoms with van der Waals surface area (Å²) >= 11 is 6.28. The maximum atomic E-state index is 13.4. The molecule has 24 heavy (non-hydrogen) atoms. The zero-order valence-corrected chi connectivity index (χ0v) is 13.8. The third-order valence-corrected chi connectivity index (χ3v) is 4.34. The highest BCUT2D eigenvalue weighted by atomic mass is 35.5. The van der Waals surface area contributed by atoms with Crippen LogP contribution in [-0.2, 0) is 7.05 Å². The number of aryl methyl sites for hydroxylation is 2. The Morgan fingerprint density at radius 2 is 1.96 bits per heavy atom. The van der Waals surface area contributed by atoms with E-state index in [1.165, 1.54) is 12.1 Å². The summed E-state index contributed by atoms with van der Waals surface area (Å²) in [5, 5.41) is 9.94. The van der Waals surface area contributed by atoms with Gasteiger partial charge in [0.25, 0.3) is 0 Å².